The van der Waals surface area contributed by atoms with Crippen molar-refractivity contribution in [1.29, 1.82) is 0 Å². The Hall–Kier alpha value is -1.90. The van der Waals surface area contributed by atoms with E-state index in [0.717, 1.165) is 12.8 Å². The van der Waals surface area contributed by atoms with Gasteiger partial charge in [0.2, 0.25) is 0 Å². The van der Waals surface area contributed by atoms with Crippen LogP contribution in [0.25, 0.3) is 0 Å². The molecule has 1 aromatic rings. The van der Waals surface area contributed by atoms with E-state index >= 15 is 0 Å². The number of nitrogens with zero attached hydrogens (tertiary/aromatic N) is 2. The lowest BCUT2D eigenvalue weighted by Gasteiger charge is -2.27. The van der Waals surface area contributed by atoms with Crippen LogP contribution < -0.4 is 11.1 Å². The number of hydrogen-bond donors (Lipinski definition) is 2. The van der Waals surface area contributed by atoms with Crippen LogP contribution in [0.2, 0.25) is 0 Å². The zero-order valence-corrected chi connectivity index (χ0v) is 11.1. The molecule has 116 valence electrons. The van der Waals surface area contributed by atoms with Crippen LogP contribution in [0.15, 0.2) is 12.3 Å². The highest BCUT2D eigenvalue weighted by Gasteiger charge is 2.34. The predicted molar refractivity (Wildman–Crippen MR) is 69.7 cm³/mol. The summed E-state index contributed by atoms with van der Waals surface area (Å²) in [6.45, 7) is 0. The molecule has 1 aliphatic carbocycles. The van der Waals surface area contributed by atoms with Crippen LogP contribution in [0.1, 0.15) is 31.4 Å². The highest BCUT2D eigenvalue weighted by atomic mass is 19.4. The summed E-state index contributed by atoms with van der Waals surface area (Å²) < 4.78 is 38.0. The number of nitrogens with two attached hydrogens (primary N) is 1. The molecule has 0 aliphatic heterocycles. The molecule has 0 spiro atoms. The number of hydrogen-bond acceptors (Lipinski definition) is 5. The van der Waals surface area contributed by atoms with E-state index in [1.807, 2.05) is 0 Å². The van der Waals surface area contributed by atoms with Gasteiger partial charge in [0, 0.05) is 12.1 Å². The summed E-state index contributed by atoms with van der Waals surface area (Å²) in [5.41, 5.74) is 3.99. The molecule has 0 atom stereocenters. The average molecular weight is 304 g/mol. The van der Waals surface area contributed by atoms with Crippen molar-refractivity contribution in [2.24, 2.45) is 5.73 Å². The third-order valence-corrected chi connectivity index (χ3v) is 3.50. The zero-order valence-electron chi connectivity index (χ0n) is 11.1. The van der Waals surface area contributed by atoms with Crippen LogP contribution in [-0.2, 0) is 6.18 Å². The van der Waals surface area contributed by atoms with E-state index in [9.17, 15) is 23.3 Å². The van der Waals surface area contributed by atoms with E-state index in [0.29, 0.717) is 25.1 Å². The Morgan fingerprint density at radius 2 is 1.95 bits per heavy atom. The molecule has 9 heteroatoms. The Balaban J connectivity index is 2.24. The van der Waals surface area contributed by atoms with E-state index in [1.54, 1.807) is 0 Å². The summed E-state index contributed by atoms with van der Waals surface area (Å²) in [5, 5.41) is 13.7. The van der Waals surface area contributed by atoms with Crippen molar-refractivity contribution in [3.8, 4) is 0 Å². The minimum Gasteiger partial charge on any atom is -0.377 e. The van der Waals surface area contributed by atoms with E-state index in [4.69, 9.17) is 5.73 Å². The summed E-state index contributed by atoms with van der Waals surface area (Å²) in [6, 6.07) is 0.653. The molecule has 0 amide bonds. The van der Waals surface area contributed by atoms with Crippen LogP contribution in [-0.4, -0.2) is 22.0 Å². The molecule has 1 aliphatic rings. The molecule has 21 heavy (non-hydrogen) atoms. The lowest BCUT2D eigenvalue weighted by molar-refractivity contribution is -0.384. The van der Waals surface area contributed by atoms with Crippen molar-refractivity contribution in [2.75, 3.05) is 5.32 Å². The number of aromatic nitrogens is 1. The number of alkyl halides is 3. The highest BCUT2D eigenvalue weighted by Crippen LogP contribution is 2.34. The molecule has 1 fully saturated rings. The first kappa shape index (κ1) is 15.5. The van der Waals surface area contributed by atoms with Gasteiger partial charge in [-0.2, -0.15) is 13.2 Å². The minimum absolute atomic E-state index is 0.0845. The molecule has 0 bridgehead atoms. The molecule has 1 aromatic heterocycles. The van der Waals surface area contributed by atoms with Crippen LogP contribution in [0.3, 0.4) is 0 Å². The van der Waals surface area contributed by atoms with Gasteiger partial charge in [-0.15, -0.1) is 0 Å². The second kappa shape index (κ2) is 5.84. The number of pyridine rings is 1. The monoisotopic (exact) mass is 304 g/mol. The van der Waals surface area contributed by atoms with Gasteiger partial charge < -0.3 is 11.1 Å². The molecule has 3 N–H and O–H groups in total. The summed E-state index contributed by atoms with van der Waals surface area (Å²) in [5.74, 6) is 0. The first-order valence-electron chi connectivity index (χ1n) is 6.51. The van der Waals surface area contributed by atoms with Crippen LogP contribution in [0.5, 0.6) is 0 Å². The van der Waals surface area contributed by atoms with Gasteiger partial charge in [0.25, 0.3) is 0 Å². The molecule has 1 heterocycles. The fourth-order valence-electron chi connectivity index (χ4n) is 2.35. The van der Waals surface area contributed by atoms with Crippen molar-refractivity contribution < 1.29 is 18.1 Å². The maximum absolute atomic E-state index is 12.7. The van der Waals surface area contributed by atoms with Crippen LogP contribution in [0, 0.1) is 10.1 Å². The molecule has 2 rings (SSSR count). The maximum Gasteiger partial charge on any atom is 0.433 e. The Bertz CT molecular complexity index is 528. The lowest BCUT2D eigenvalue weighted by Crippen LogP contribution is -2.33. The number of halogens is 3. The van der Waals surface area contributed by atoms with Gasteiger partial charge in [-0.05, 0) is 31.7 Å². The van der Waals surface area contributed by atoms with Gasteiger partial charge in [0.15, 0.2) is 0 Å². The number of rotatable bonds is 3. The molecule has 0 aromatic carbocycles. The predicted octanol–water partition coefficient (Wildman–Crippen LogP) is 2.69. The first-order valence-corrected chi connectivity index (χ1v) is 6.51. The van der Waals surface area contributed by atoms with Gasteiger partial charge in [-0.1, -0.05) is 0 Å². The van der Waals surface area contributed by atoms with E-state index in [-0.39, 0.29) is 17.8 Å². The van der Waals surface area contributed by atoms with Crippen LogP contribution in [0.4, 0.5) is 24.5 Å². The summed E-state index contributed by atoms with van der Waals surface area (Å²) in [7, 11) is 0. The number of anilines is 1. The van der Waals surface area contributed by atoms with Crippen LogP contribution >= 0.6 is 0 Å². The highest BCUT2D eigenvalue weighted by molar-refractivity contribution is 5.61. The Kier molecular flexibility index (Phi) is 4.31. The topological polar surface area (TPSA) is 94.1 Å². The third-order valence-electron chi connectivity index (χ3n) is 3.50. The van der Waals surface area contributed by atoms with Crippen molar-refractivity contribution >= 4 is 11.4 Å². The van der Waals surface area contributed by atoms with Gasteiger partial charge in [-0.3, -0.25) is 10.1 Å². The molecule has 1 saturated carbocycles. The summed E-state index contributed by atoms with van der Waals surface area (Å²) >= 11 is 0. The first-order chi connectivity index (χ1) is 9.77. The van der Waals surface area contributed by atoms with E-state index in [2.05, 4.69) is 10.3 Å². The Morgan fingerprint density at radius 3 is 2.48 bits per heavy atom. The lowest BCUT2D eigenvalue weighted by atomic mass is 9.91. The van der Waals surface area contributed by atoms with Crippen molar-refractivity contribution in [1.82, 2.24) is 4.98 Å². The Morgan fingerprint density at radius 1 is 1.33 bits per heavy atom. The maximum atomic E-state index is 12.7. The van der Waals surface area contributed by atoms with Crippen molar-refractivity contribution in [3.63, 3.8) is 0 Å². The van der Waals surface area contributed by atoms with Gasteiger partial charge >= 0.3 is 11.9 Å². The zero-order chi connectivity index (χ0) is 15.6. The van der Waals surface area contributed by atoms with E-state index < -0.39 is 22.5 Å². The van der Waals surface area contributed by atoms with Gasteiger partial charge in [0.1, 0.15) is 17.6 Å². The quantitative estimate of drug-likeness (QED) is 0.661. The number of nitrogens with one attached hydrogen (secondary N) is 1. The van der Waals surface area contributed by atoms with Gasteiger partial charge in [0.05, 0.1) is 4.92 Å². The Labute approximate surface area is 118 Å². The van der Waals surface area contributed by atoms with Crippen molar-refractivity contribution in [2.45, 2.75) is 43.9 Å². The normalized spacial score (nSPS) is 22.9. The fraction of sp³-hybridized carbons (Fsp3) is 0.583. The number of nitro groups is 1. The average Bonchev–Trinajstić information content (AvgIpc) is 2.40. The van der Waals surface area contributed by atoms with Gasteiger partial charge in [-0.25, -0.2) is 4.98 Å². The molecular formula is C12H15F3N4O2. The minimum atomic E-state index is -4.64. The smallest absolute Gasteiger partial charge is 0.377 e. The SMILES string of the molecule is NC1CCC(Nc2cc(C(F)(F)F)ncc2[N+](=O)[O-])CC1. The molecular weight excluding hydrogens is 289 g/mol. The summed E-state index contributed by atoms with van der Waals surface area (Å²) in [4.78, 5) is 13.3. The largest absolute Gasteiger partial charge is 0.433 e. The van der Waals surface area contributed by atoms with E-state index in [1.165, 1.54) is 0 Å². The molecule has 0 radical (unpaired) electrons. The molecule has 0 saturated heterocycles. The molecule has 0 unspecified atom stereocenters. The van der Waals surface area contributed by atoms with Crippen molar-refractivity contribution in [3.05, 3.63) is 28.1 Å². The second-order valence-corrected chi connectivity index (χ2v) is 5.10. The standard InChI is InChI=1S/C12H15F3N4O2/c13-12(14,15)11-5-9(10(6-17-11)19(20)21)18-8-3-1-7(16)2-4-8/h5-8H,1-4,16H2,(H,17,18). The fourth-order valence-corrected chi connectivity index (χ4v) is 2.35. The third kappa shape index (κ3) is 3.81. The summed E-state index contributed by atoms with van der Waals surface area (Å²) in [6.07, 6.45) is -1.18. The second-order valence-electron chi connectivity index (χ2n) is 5.10. The molecule has 6 nitrogen and oxygen atoms in total.